The van der Waals surface area contributed by atoms with E-state index >= 15 is 0 Å². The minimum absolute atomic E-state index is 0.305. The Kier molecular flexibility index (Phi) is 4.22. The Morgan fingerprint density at radius 1 is 1.24 bits per heavy atom. The van der Waals surface area contributed by atoms with Crippen LogP contribution in [0.1, 0.15) is 23.5 Å². The van der Waals surface area contributed by atoms with Gasteiger partial charge >= 0.3 is 0 Å². The molecule has 2 aliphatic heterocycles. The Hall–Kier alpha value is -2.33. The molecule has 0 amide bonds. The Bertz CT molecular complexity index is 899. The highest BCUT2D eigenvalue weighted by Gasteiger charge is 2.30. The highest BCUT2D eigenvalue weighted by atomic mass is 35.5. The first-order valence-corrected chi connectivity index (χ1v) is 8.63. The number of rotatable bonds is 2. The number of hydrazine groups is 3. The van der Waals surface area contributed by atoms with Crippen LogP contribution in [0, 0.1) is 5.82 Å². The summed E-state index contributed by atoms with van der Waals surface area (Å²) >= 11 is 7.75. The topological polar surface area (TPSA) is 85.7 Å². The summed E-state index contributed by atoms with van der Waals surface area (Å²) in [5.74, 6) is 0.809. The summed E-state index contributed by atoms with van der Waals surface area (Å²) in [5.41, 5.74) is 13.7. The van der Waals surface area contributed by atoms with Crippen molar-refractivity contribution >= 4 is 34.5 Å². The van der Waals surface area contributed by atoms with E-state index in [0.717, 1.165) is 16.3 Å². The lowest BCUT2D eigenvalue weighted by Gasteiger charge is -2.24. The molecule has 25 heavy (non-hydrogen) atoms. The summed E-state index contributed by atoms with van der Waals surface area (Å²) in [7, 11) is 0. The van der Waals surface area contributed by atoms with Crippen molar-refractivity contribution in [2.45, 2.75) is 13.0 Å². The van der Waals surface area contributed by atoms with E-state index in [-0.39, 0.29) is 0 Å². The molecule has 3 heterocycles. The number of thiazole rings is 1. The van der Waals surface area contributed by atoms with E-state index < -0.39 is 11.9 Å². The minimum Gasteiger partial charge on any atom is -0.291 e. The Balaban J connectivity index is 1.88. The predicted molar refractivity (Wildman–Crippen MR) is 95.5 cm³/mol. The molecule has 2 aliphatic rings. The average molecular weight is 378 g/mol. The van der Waals surface area contributed by atoms with Gasteiger partial charge in [-0.1, -0.05) is 17.7 Å². The molecule has 10 heteroatoms. The quantitative estimate of drug-likeness (QED) is 0.645. The molecule has 0 bridgehead atoms. The van der Waals surface area contributed by atoms with Crippen LogP contribution in [0.15, 0.2) is 51.2 Å². The predicted octanol–water partition coefficient (Wildman–Crippen LogP) is 2.23. The lowest BCUT2D eigenvalue weighted by molar-refractivity contribution is 0.556. The number of nitrogens with one attached hydrogen (secondary N) is 4. The Morgan fingerprint density at radius 2 is 2.04 bits per heavy atom. The van der Waals surface area contributed by atoms with Crippen molar-refractivity contribution < 1.29 is 4.39 Å². The molecule has 1 aromatic carbocycles. The van der Waals surface area contributed by atoms with E-state index in [9.17, 15) is 4.39 Å². The second kappa shape index (κ2) is 6.52. The molecule has 1 fully saturated rings. The summed E-state index contributed by atoms with van der Waals surface area (Å²) in [6.07, 6.45) is 1.70. The molecule has 1 atom stereocenters. The molecule has 4 N–H and O–H groups in total. The molecule has 128 valence electrons. The van der Waals surface area contributed by atoms with E-state index in [1.54, 1.807) is 12.3 Å². The van der Waals surface area contributed by atoms with Crippen LogP contribution in [0.2, 0.25) is 5.02 Å². The van der Waals surface area contributed by atoms with Crippen LogP contribution in [0.4, 0.5) is 4.39 Å². The SMILES string of the molecule is CC1=NC(c2nccs2)=NC(c2ccc(F)cc2Cl)C1=C1NNNN1. The van der Waals surface area contributed by atoms with Crippen molar-refractivity contribution in [1.29, 1.82) is 0 Å². The third-order valence-corrected chi connectivity index (χ3v) is 4.87. The monoisotopic (exact) mass is 377 g/mol. The van der Waals surface area contributed by atoms with Gasteiger partial charge in [0, 0.05) is 33.4 Å². The second-order valence-corrected chi connectivity index (χ2v) is 6.65. The zero-order valence-electron chi connectivity index (χ0n) is 13.0. The summed E-state index contributed by atoms with van der Waals surface area (Å²) in [4.78, 5) is 13.6. The van der Waals surface area contributed by atoms with E-state index in [2.05, 4.69) is 31.9 Å². The lowest BCUT2D eigenvalue weighted by Crippen LogP contribution is -2.33. The van der Waals surface area contributed by atoms with Crippen molar-refractivity contribution in [3.05, 3.63) is 62.6 Å². The van der Waals surface area contributed by atoms with Gasteiger partial charge in [-0.2, -0.15) is 11.1 Å². The van der Waals surface area contributed by atoms with Gasteiger partial charge < -0.3 is 0 Å². The molecule has 1 saturated heterocycles. The van der Waals surface area contributed by atoms with Crippen LogP contribution in [0.5, 0.6) is 0 Å². The summed E-state index contributed by atoms with van der Waals surface area (Å²) in [5, 5.41) is 2.89. The zero-order valence-corrected chi connectivity index (χ0v) is 14.5. The van der Waals surface area contributed by atoms with Crippen LogP contribution < -0.4 is 21.9 Å². The molecule has 0 radical (unpaired) electrons. The number of hydrogen-bond donors (Lipinski definition) is 4. The van der Waals surface area contributed by atoms with Gasteiger partial charge in [-0.25, -0.2) is 14.4 Å². The molecule has 1 aromatic heterocycles. The molecular formula is C15H13ClFN7S. The fourth-order valence-electron chi connectivity index (χ4n) is 2.69. The maximum atomic E-state index is 13.5. The number of hydrogen-bond acceptors (Lipinski definition) is 8. The van der Waals surface area contributed by atoms with Gasteiger partial charge in [-0.3, -0.25) is 15.8 Å². The molecule has 1 unspecified atom stereocenters. The number of aromatic nitrogens is 1. The number of aliphatic imine (C=N–C) groups is 2. The first kappa shape index (κ1) is 16.2. The van der Waals surface area contributed by atoms with E-state index in [1.165, 1.54) is 23.5 Å². The molecular weight excluding hydrogens is 365 g/mol. The number of halogens is 2. The summed E-state index contributed by atoms with van der Waals surface area (Å²) < 4.78 is 13.5. The molecule has 0 aliphatic carbocycles. The number of nitrogens with zero attached hydrogens (tertiary/aromatic N) is 3. The van der Waals surface area contributed by atoms with Crippen molar-refractivity contribution in [3.8, 4) is 0 Å². The van der Waals surface area contributed by atoms with Gasteiger partial charge in [0.05, 0.1) is 0 Å². The molecule has 0 spiro atoms. The van der Waals surface area contributed by atoms with Crippen LogP contribution >= 0.6 is 22.9 Å². The van der Waals surface area contributed by atoms with Gasteiger partial charge in [-0.05, 0) is 19.1 Å². The van der Waals surface area contributed by atoms with Gasteiger partial charge in [-0.15, -0.1) is 11.3 Å². The molecule has 0 saturated carbocycles. The maximum absolute atomic E-state index is 13.5. The minimum atomic E-state index is -0.457. The summed E-state index contributed by atoms with van der Waals surface area (Å²) in [6, 6.07) is 3.83. The van der Waals surface area contributed by atoms with E-state index in [4.69, 9.17) is 16.6 Å². The number of benzene rings is 1. The Labute approximate surface area is 151 Å². The first-order chi connectivity index (χ1) is 12.1. The highest BCUT2D eigenvalue weighted by Crippen LogP contribution is 2.36. The van der Waals surface area contributed by atoms with Gasteiger partial charge in [0.1, 0.15) is 17.7 Å². The standard InChI is InChI=1S/C15H13ClFN7S/c1-7-11(13-21-23-24-22-13)12(9-3-2-8(17)6-10(9)16)20-14(19-7)15-18-4-5-25-15/h2-6,12,21-24H,1H3. The largest absolute Gasteiger partial charge is 0.291 e. The van der Waals surface area contributed by atoms with Crippen LogP contribution in [-0.4, -0.2) is 16.5 Å². The molecule has 7 nitrogen and oxygen atoms in total. The lowest BCUT2D eigenvalue weighted by atomic mass is 9.94. The average Bonchev–Trinajstić information content (AvgIpc) is 3.28. The number of amidine groups is 1. The second-order valence-electron chi connectivity index (χ2n) is 5.34. The smallest absolute Gasteiger partial charge is 0.185 e. The van der Waals surface area contributed by atoms with Gasteiger partial charge in [0.2, 0.25) is 0 Å². The van der Waals surface area contributed by atoms with Crippen molar-refractivity contribution in [2.24, 2.45) is 9.98 Å². The Morgan fingerprint density at radius 3 is 2.72 bits per heavy atom. The van der Waals surface area contributed by atoms with Crippen LogP contribution in [0.25, 0.3) is 0 Å². The van der Waals surface area contributed by atoms with Crippen molar-refractivity contribution in [1.82, 2.24) is 26.9 Å². The fraction of sp³-hybridized carbons (Fsp3) is 0.133. The maximum Gasteiger partial charge on any atom is 0.185 e. The first-order valence-electron chi connectivity index (χ1n) is 7.38. The van der Waals surface area contributed by atoms with Gasteiger partial charge in [0.25, 0.3) is 0 Å². The molecule has 4 rings (SSSR count). The third-order valence-electron chi connectivity index (χ3n) is 3.78. The highest BCUT2D eigenvalue weighted by molar-refractivity contribution is 7.11. The van der Waals surface area contributed by atoms with Crippen molar-refractivity contribution in [3.63, 3.8) is 0 Å². The van der Waals surface area contributed by atoms with E-state index in [0.29, 0.717) is 22.2 Å². The van der Waals surface area contributed by atoms with Crippen LogP contribution in [0.3, 0.4) is 0 Å². The van der Waals surface area contributed by atoms with Gasteiger partial charge in [0.15, 0.2) is 10.8 Å². The fourth-order valence-corrected chi connectivity index (χ4v) is 3.54. The van der Waals surface area contributed by atoms with E-state index in [1.807, 2.05) is 12.3 Å². The summed E-state index contributed by atoms with van der Waals surface area (Å²) in [6.45, 7) is 1.89. The zero-order chi connectivity index (χ0) is 17.4. The normalized spacial score (nSPS) is 20.0. The van der Waals surface area contributed by atoms with Crippen LogP contribution in [-0.2, 0) is 0 Å². The van der Waals surface area contributed by atoms with Crippen molar-refractivity contribution in [2.75, 3.05) is 0 Å². The molecule has 2 aromatic rings. The third kappa shape index (κ3) is 3.02.